The van der Waals surface area contributed by atoms with Crippen LogP contribution in [0.3, 0.4) is 0 Å². The Hall–Kier alpha value is -0.0800. The van der Waals surface area contributed by atoms with Crippen molar-refractivity contribution in [2.45, 2.75) is 19.4 Å². The minimum Gasteiger partial charge on any atom is -0.458 e. The molecular weight excluding hydrogens is 112 g/mol. The molecule has 2 nitrogen and oxygen atoms in total. The van der Waals surface area contributed by atoms with Crippen LogP contribution in [0.25, 0.3) is 0 Å². The maximum atomic E-state index is 3.86. The lowest BCUT2D eigenvalue weighted by atomic mass is 10.3. The lowest BCUT2D eigenvalue weighted by Crippen LogP contribution is -2.30. The van der Waals surface area contributed by atoms with E-state index < -0.39 is 0 Å². The SMILES string of the molecule is [CH2-]N1CC[C@H](NCC)C1. The second kappa shape index (κ2) is 3.18. The molecule has 1 aliphatic heterocycles. The Bertz CT molecular complexity index is 81.0. The fourth-order valence-corrected chi connectivity index (χ4v) is 1.29. The van der Waals surface area contributed by atoms with E-state index in [-0.39, 0.29) is 0 Å². The molecule has 0 bridgehead atoms. The summed E-state index contributed by atoms with van der Waals surface area (Å²) in [5.41, 5.74) is 0. The molecule has 1 atom stereocenters. The van der Waals surface area contributed by atoms with Gasteiger partial charge < -0.3 is 10.2 Å². The monoisotopic (exact) mass is 127 g/mol. The number of hydrogen-bond acceptors (Lipinski definition) is 2. The summed E-state index contributed by atoms with van der Waals surface area (Å²) in [5, 5.41) is 3.39. The Balaban J connectivity index is 2.14. The summed E-state index contributed by atoms with van der Waals surface area (Å²) < 4.78 is 0. The minimum absolute atomic E-state index is 0.701. The van der Waals surface area contributed by atoms with Gasteiger partial charge >= 0.3 is 0 Å². The topological polar surface area (TPSA) is 15.3 Å². The highest BCUT2D eigenvalue weighted by atomic mass is 15.2. The van der Waals surface area contributed by atoms with Gasteiger partial charge in [0.05, 0.1) is 0 Å². The van der Waals surface area contributed by atoms with Crippen molar-refractivity contribution in [2.75, 3.05) is 19.6 Å². The maximum Gasteiger partial charge on any atom is 0.0182 e. The summed E-state index contributed by atoms with van der Waals surface area (Å²) in [4.78, 5) is 2.12. The average molecular weight is 127 g/mol. The molecule has 0 aromatic heterocycles. The van der Waals surface area contributed by atoms with Gasteiger partial charge in [0.2, 0.25) is 0 Å². The molecule has 1 N–H and O–H groups in total. The number of nitrogens with one attached hydrogen (secondary N) is 1. The van der Waals surface area contributed by atoms with Gasteiger partial charge in [-0.2, -0.15) is 0 Å². The van der Waals surface area contributed by atoms with Gasteiger partial charge in [-0.3, -0.25) is 7.05 Å². The van der Waals surface area contributed by atoms with Gasteiger partial charge in [0.1, 0.15) is 0 Å². The molecule has 1 fully saturated rings. The predicted octanol–water partition coefficient (Wildman–Crippen LogP) is 0.462. The standard InChI is InChI=1S/C7H15N2/c1-3-8-7-4-5-9(2)6-7/h7-8H,2-6H2,1H3/q-1/t7-/m0/s1. The van der Waals surface area contributed by atoms with Gasteiger partial charge in [-0.05, 0) is 26.1 Å². The Morgan fingerprint density at radius 3 is 3.00 bits per heavy atom. The number of likely N-dealkylation sites (N-methyl/N-ethyl adjacent to an activating group) is 1. The summed E-state index contributed by atoms with van der Waals surface area (Å²) in [6.45, 7) is 5.50. The van der Waals surface area contributed by atoms with E-state index >= 15 is 0 Å². The van der Waals surface area contributed by atoms with E-state index in [0.717, 1.165) is 19.6 Å². The molecule has 0 radical (unpaired) electrons. The third-order valence-electron chi connectivity index (χ3n) is 1.77. The van der Waals surface area contributed by atoms with Gasteiger partial charge in [-0.1, -0.05) is 6.92 Å². The molecule has 54 valence electrons. The second-order valence-corrected chi connectivity index (χ2v) is 2.62. The van der Waals surface area contributed by atoms with Crippen LogP contribution in [0.4, 0.5) is 0 Å². The first-order valence-electron chi connectivity index (χ1n) is 3.61. The molecule has 0 amide bonds. The normalized spacial score (nSPS) is 29.3. The Labute approximate surface area is 57.2 Å². The van der Waals surface area contributed by atoms with E-state index in [9.17, 15) is 0 Å². The quantitative estimate of drug-likeness (QED) is 0.542. The Kier molecular flexibility index (Phi) is 2.49. The van der Waals surface area contributed by atoms with Crippen LogP contribution in [0.5, 0.6) is 0 Å². The first-order chi connectivity index (χ1) is 4.33. The van der Waals surface area contributed by atoms with Gasteiger partial charge in [0.25, 0.3) is 0 Å². The molecule has 2 heteroatoms. The summed E-state index contributed by atoms with van der Waals surface area (Å²) in [5.74, 6) is 0. The lowest BCUT2D eigenvalue weighted by molar-refractivity contribution is 0.438. The average Bonchev–Trinajstić information content (AvgIpc) is 2.17. The van der Waals surface area contributed by atoms with Gasteiger partial charge in [0, 0.05) is 6.04 Å². The van der Waals surface area contributed by atoms with Crippen molar-refractivity contribution in [1.29, 1.82) is 0 Å². The molecule has 0 saturated carbocycles. The van der Waals surface area contributed by atoms with Crippen molar-refractivity contribution in [3.63, 3.8) is 0 Å². The first kappa shape index (κ1) is 7.03. The van der Waals surface area contributed by atoms with Crippen LogP contribution in [0.2, 0.25) is 0 Å². The number of nitrogens with zero attached hydrogens (tertiary/aromatic N) is 1. The molecule has 9 heavy (non-hydrogen) atoms. The van der Waals surface area contributed by atoms with Crippen molar-refractivity contribution in [2.24, 2.45) is 0 Å². The summed E-state index contributed by atoms with van der Waals surface area (Å²) in [6.07, 6.45) is 1.26. The van der Waals surface area contributed by atoms with E-state index in [0.29, 0.717) is 6.04 Å². The van der Waals surface area contributed by atoms with Crippen molar-refractivity contribution in [1.82, 2.24) is 10.2 Å². The van der Waals surface area contributed by atoms with E-state index in [2.05, 4.69) is 24.2 Å². The van der Waals surface area contributed by atoms with Gasteiger partial charge in [-0.15, -0.1) is 0 Å². The molecule has 1 rings (SSSR count). The lowest BCUT2D eigenvalue weighted by Gasteiger charge is -2.16. The Morgan fingerprint density at radius 1 is 1.78 bits per heavy atom. The maximum absolute atomic E-state index is 3.86. The summed E-state index contributed by atoms with van der Waals surface area (Å²) in [7, 11) is 3.86. The molecule has 1 aliphatic rings. The molecule has 1 heterocycles. The smallest absolute Gasteiger partial charge is 0.0182 e. The van der Waals surface area contributed by atoms with Crippen molar-refractivity contribution in [3.8, 4) is 0 Å². The summed E-state index contributed by atoms with van der Waals surface area (Å²) >= 11 is 0. The van der Waals surface area contributed by atoms with E-state index in [1.807, 2.05) is 0 Å². The van der Waals surface area contributed by atoms with E-state index in [4.69, 9.17) is 0 Å². The minimum atomic E-state index is 0.701. The third kappa shape index (κ3) is 1.95. The van der Waals surface area contributed by atoms with Crippen LogP contribution in [0, 0.1) is 7.05 Å². The van der Waals surface area contributed by atoms with Crippen molar-refractivity contribution in [3.05, 3.63) is 7.05 Å². The fraction of sp³-hybridized carbons (Fsp3) is 0.857. The highest BCUT2D eigenvalue weighted by molar-refractivity contribution is 4.79. The first-order valence-corrected chi connectivity index (χ1v) is 3.61. The van der Waals surface area contributed by atoms with Crippen LogP contribution >= 0.6 is 0 Å². The fourth-order valence-electron chi connectivity index (χ4n) is 1.29. The molecule has 0 spiro atoms. The van der Waals surface area contributed by atoms with Crippen LogP contribution in [0.1, 0.15) is 13.3 Å². The zero-order chi connectivity index (χ0) is 6.69. The third-order valence-corrected chi connectivity index (χ3v) is 1.77. The highest BCUT2D eigenvalue weighted by Gasteiger charge is 2.13. The van der Waals surface area contributed by atoms with E-state index in [1.54, 1.807) is 0 Å². The number of hydrogen-bond donors (Lipinski definition) is 1. The number of rotatable bonds is 2. The van der Waals surface area contributed by atoms with Crippen LogP contribution < -0.4 is 5.32 Å². The number of likely N-dealkylation sites (tertiary alicyclic amines) is 1. The van der Waals surface area contributed by atoms with Crippen LogP contribution in [-0.4, -0.2) is 30.6 Å². The largest absolute Gasteiger partial charge is 0.458 e. The zero-order valence-electron chi connectivity index (χ0n) is 6.06. The Morgan fingerprint density at radius 2 is 2.56 bits per heavy atom. The van der Waals surface area contributed by atoms with E-state index in [1.165, 1.54) is 6.42 Å². The highest BCUT2D eigenvalue weighted by Crippen LogP contribution is 2.05. The van der Waals surface area contributed by atoms with Gasteiger partial charge in [-0.25, -0.2) is 0 Å². The van der Waals surface area contributed by atoms with Crippen molar-refractivity contribution < 1.29 is 0 Å². The molecule has 0 aromatic rings. The van der Waals surface area contributed by atoms with Crippen LogP contribution in [0.15, 0.2) is 0 Å². The predicted molar refractivity (Wildman–Crippen MR) is 39.0 cm³/mol. The van der Waals surface area contributed by atoms with Crippen LogP contribution in [-0.2, 0) is 0 Å². The van der Waals surface area contributed by atoms with Crippen molar-refractivity contribution >= 4 is 0 Å². The summed E-state index contributed by atoms with van der Waals surface area (Å²) in [6, 6.07) is 0.701. The molecule has 1 saturated heterocycles. The molecule has 0 aromatic carbocycles. The second-order valence-electron chi connectivity index (χ2n) is 2.62. The zero-order valence-corrected chi connectivity index (χ0v) is 6.06. The molecule has 0 aliphatic carbocycles. The van der Waals surface area contributed by atoms with Gasteiger partial charge in [0.15, 0.2) is 0 Å². The molecular formula is C7H15N2-. The molecule has 0 unspecified atom stereocenters.